The van der Waals surface area contributed by atoms with Crippen LogP contribution in [0.25, 0.3) is 10.9 Å². The Morgan fingerprint density at radius 2 is 1.80 bits per heavy atom. The molecule has 180 valence electrons. The van der Waals surface area contributed by atoms with Crippen LogP contribution >= 0.6 is 0 Å². The van der Waals surface area contributed by atoms with E-state index in [9.17, 15) is 9.18 Å². The van der Waals surface area contributed by atoms with E-state index >= 15 is 0 Å². The SMILES string of the molecule is O=C(Cc1ccc(OCc2cccc(F)c2)cc1)Nc1ccc2cnn(CCN3CCCC3)c2c1. The van der Waals surface area contributed by atoms with Gasteiger partial charge in [0.05, 0.1) is 24.7 Å². The first-order chi connectivity index (χ1) is 17.1. The number of aromatic nitrogens is 2. The summed E-state index contributed by atoms with van der Waals surface area (Å²) >= 11 is 0. The standard InChI is InChI=1S/C28H29FN4O2/c29-24-5-3-4-22(16-24)20-35-26-10-6-21(7-11-26)17-28(34)31-25-9-8-23-19-30-33(27(23)18-25)15-14-32-12-1-2-13-32/h3-11,16,18-19H,1-2,12-15,17,20H2,(H,31,34). The summed E-state index contributed by atoms with van der Waals surface area (Å²) in [5.74, 6) is 0.310. The Bertz CT molecular complexity index is 1300. The number of halogens is 1. The number of nitrogens with one attached hydrogen (secondary N) is 1. The average Bonchev–Trinajstić information content (AvgIpc) is 3.52. The van der Waals surface area contributed by atoms with Gasteiger partial charge in [-0.25, -0.2) is 4.39 Å². The predicted molar refractivity (Wildman–Crippen MR) is 135 cm³/mol. The molecule has 1 N–H and O–H groups in total. The summed E-state index contributed by atoms with van der Waals surface area (Å²) in [5, 5.41) is 8.61. The quantitative estimate of drug-likeness (QED) is 0.371. The van der Waals surface area contributed by atoms with Crippen molar-refractivity contribution < 1.29 is 13.9 Å². The maximum absolute atomic E-state index is 13.3. The minimum Gasteiger partial charge on any atom is -0.489 e. The van der Waals surface area contributed by atoms with Crippen LogP contribution in [-0.2, 0) is 24.4 Å². The van der Waals surface area contributed by atoms with Crippen LogP contribution in [0.5, 0.6) is 5.75 Å². The van der Waals surface area contributed by atoms with Crippen molar-refractivity contribution in [2.75, 3.05) is 25.0 Å². The van der Waals surface area contributed by atoms with Crippen molar-refractivity contribution >= 4 is 22.5 Å². The van der Waals surface area contributed by atoms with E-state index in [0.29, 0.717) is 5.75 Å². The second kappa shape index (κ2) is 10.7. The van der Waals surface area contributed by atoms with Crippen molar-refractivity contribution in [3.8, 4) is 5.75 Å². The van der Waals surface area contributed by atoms with Crippen molar-refractivity contribution in [1.82, 2.24) is 14.7 Å². The van der Waals surface area contributed by atoms with E-state index in [1.807, 2.05) is 59.4 Å². The Kier molecular flexibility index (Phi) is 7.04. The molecule has 0 unspecified atom stereocenters. The van der Waals surface area contributed by atoms with E-state index in [4.69, 9.17) is 4.74 Å². The third-order valence-electron chi connectivity index (χ3n) is 6.34. The molecule has 0 aliphatic carbocycles. The summed E-state index contributed by atoms with van der Waals surface area (Å²) in [6.07, 6.45) is 4.70. The summed E-state index contributed by atoms with van der Waals surface area (Å²) < 4.78 is 21.0. The summed E-state index contributed by atoms with van der Waals surface area (Å²) in [4.78, 5) is 15.1. The van der Waals surface area contributed by atoms with Crippen LogP contribution in [0.4, 0.5) is 10.1 Å². The van der Waals surface area contributed by atoms with E-state index in [1.165, 1.54) is 38.1 Å². The first-order valence-electron chi connectivity index (χ1n) is 12.1. The molecule has 1 fully saturated rings. The molecule has 3 aromatic carbocycles. The molecule has 1 aliphatic heterocycles. The zero-order valence-electron chi connectivity index (χ0n) is 19.6. The molecule has 1 amide bonds. The molecule has 5 rings (SSSR count). The van der Waals surface area contributed by atoms with Gasteiger partial charge in [0.1, 0.15) is 18.2 Å². The normalized spacial score (nSPS) is 13.9. The maximum Gasteiger partial charge on any atom is 0.228 e. The van der Waals surface area contributed by atoms with Crippen LogP contribution in [0.3, 0.4) is 0 Å². The average molecular weight is 473 g/mol. The third-order valence-corrected chi connectivity index (χ3v) is 6.34. The molecule has 0 saturated carbocycles. The minimum absolute atomic E-state index is 0.0825. The predicted octanol–water partition coefficient (Wildman–Crippen LogP) is 5.03. The van der Waals surface area contributed by atoms with Gasteiger partial charge >= 0.3 is 0 Å². The summed E-state index contributed by atoms with van der Waals surface area (Å²) in [7, 11) is 0. The zero-order chi connectivity index (χ0) is 24.0. The minimum atomic E-state index is -0.279. The lowest BCUT2D eigenvalue weighted by Gasteiger charge is -2.14. The maximum atomic E-state index is 13.3. The van der Waals surface area contributed by atoms with E-state index in [-0.39, 0.29) is 24.8 Å². The van der Waals surface area contributed by atoms with Crippen LogP contribution in [-0.4, -0.2) is 40.2 Å². The number of amides is 1. The second-order valence-corrected chi connectivity index (χ2v) is 8.98. The summed E-state index contributed by atoms with van der Waals surface area (Å²) in [5.41, 5.74) is 3.45. The Morgan fingerprint density at radius 1 is 0.971 bits per heavy atom. The van der Waals surface area contributed by atoms with E-state index < -0.39 is 0 Å². The van der Waals surface area contributed by atoms with Crippen LogP contribution in [0.1, 0.15) is 24.0 Å². The van der Waals surface area contributed by atoms with Gasteiger partial charge in [-0.15, -0.1) is 0 Å². The number of fused-ring (bicyclic) bond motifs is 1. The van der Waals surface area contributed by atoms with Gasteiger partial charge in [0.15, 0.2) is 0 Å². The van der Waals surface area contributed by atoms with Gasteiger partial charge < -0.3 is 15.0 Å². The van der Waals surface area contributed by atoms with Gasteiger partial charge in [-0.05, 0) is 79.5 Å². The molecule has 0 spiro atoms. The highest BCUT2D eigenvalue weighted by Gasteiger charge is 2.13. The molecule has 0 atom stereocenters. The van der Waals surface area contributed by atoms with E-state index in [2.05, 4.69) is 15.3 Å². The molecule has 1 aromatic heterocycles. The second-order valence-electron chi connectivity index (χ2n) is 8.98. The Hall–Kier alpha value is -3.71. The van der Waals surface area contributed by atoms with Crippen molar-refractivity contribution in [1.29, 1.82) is 0 Å². The van der Waals surface area contributed by atoms with Crippen molar-refractivity contribution in [3.63, 3.8) is 0 Å². The summed E-state index contributed by atoms with van der Waals surface area (Å²) in [6.45, 7) is 4.46. The van der Waals surface area contributed by atoms with Gasteiger partial charge in [0.25, 0.3) is 0 Å². The Balaban J connectivity index is 1.15. The van der Waals surface area contributed by atoms with Crippen molar-refractivity contribution in [2.24, 2.45) is 0 Å². The molecular weight excluding hydrogens is 443 g/mol. The fraction of sp³-hybridized carbons (Fsp3) is 0.286. The number of benzene rings is 3. The number of rotatable bonds is 9. The molecule has 2 heterocycles. The first kappa shape index (κ1) is 23.1. The monoisotopic (exact) mass is 472 g/mol. The number of ether oxygens (including phenoxy) is 1. The van der Waals surface area contributed by atoms with Gasteiger partial charge in [-0.1, -0.05) is 24.3 Å². The number of hydrogen-bond donors (Lipinski definition) is 1. The number of anilines is 1. The molecule has 0 bridgehead atoms. The largest absolute Gasteiger partial charge is 0.489 e. The fourth-order valence-corrected chi connectivity index (χ4v) is 4.46. The van der Waals surface area contributed by atoms with Gasteiger partial charge in [-0.3, -0.25) is 9.48 Å². The molecule has 6 nitrogen and oxygen atoms in total. The van der Waals surface area contributed by atoms with Crippen molar-refractivity contribution in [2.45, 2.75) is 32.4 Å². The molecular formula is C28H29FN4O2. The highest BCUT2D eigenvalue weighted by Crippen LogP contribution is 2.20. The molecule has 1 saturated heterocycles. The number of carbonyl (C=O) groups is 1. The highest BCUT2D eigenvalue weighted by atomic mass is 19.1. The molecule has 1 aliphatic rings. The Labute approximate surface area is 204 Å². The molecule has 35 heavy (non-hydrogen) atoms. The Morgan fingerprint density at radius 3 is 2.60 bits per heavy atom. The smallest absolute Gasteiger partial charge is 0.228 e. The van der Waals surface area contributed by atoms with Gasteiger partial charge in [0, 0.05) is 17.6 Å². The molecule has 7 heteroatoms. The summed E-state index contributed by atoms with van der Waals surface area (Å²) in [6, 6.07) is 19.6. The zero-order valence-corrected chi connectivity index (χ0v) is 19.6. The van der Waals surface area contributed by atoms with Crippen LogP contribution < -0.4 is 10.1 Å². The molecule has 4 aromatic rings. The topological polar surface area (TPSA) is 59.4 Å². The van der Waals surface area contributed by atoms with Crippen LogP contribution in [0.2, 0.25) is 0 Å². The van der Waals surface area contributed by atoms with Gasteiger partial charge in [-0.2, -0.15) is 5.10 Å². The van der Waals surface area contributed by atoms with Crippen LogP contribution in [0, 0.1) is 5.82 Å². The van der Waals surface area contributed by atoms with E-state index in [0.717, 1.165) is 40.8 Å². The lowest BCUT2D eigenvalue weighted by Crippen LogP contribution is -2.24. The number of nitrogens with zero attached hydrogens (tertiary/aromatic N) is 3. The fourth-order valence-electron chi connectivity index (χ4n) is 4.46. The van der Waals surface area contributed by atoms with Gasteiger partial charge in [0.2, 0.25) is 5.91 Å². The highest BCUT2D eigenvalue weighted by molar-refractivity contribution is 5.94. The molecule has 0 radical (unpaired) electrons. The van der Waals surface area contributed by atoms with E-state index in [1.54, 1.807) is 6.07 Å². The number of hydrogen-bond acceptors (Lipinski definition) is 4. The number of likely N-dealkylation sites (tertiary alicyclic amines) is 1. The van der Waals surface area contributed by atoms with Crippen molar-refractivity contribution in [3.05, 3.63) is 89.9 Å². The van der Waals surface area contributed by atoms with Crippen LogP contribution in [0.15, 0.2) is 72.9 Å². The first-order valence-corrected chi connectivity index (χ1v) is 12.1. The lowest BCUT2D eigenvalue weighted by molar-refractivity contribution is -0.115. The lowest BCUT2D eigenvalue weighted by atomic mass is 10.1. The third kappa shape index (κ3) is 6.05. The number of carbonyl (C=O) groups excluding carboxylic acids is 1.